The Morgan fingerprint density at radius 1 is 1.18 bits per heavy atom. The predicted molar refractivity (Wildman–Crippen MR) is 125 cm³/mol. The molecule has 0 aromatic heterocycles. The fraction of sp³-hybridized carbons (Fsp3) is 0.538. The molecule has 0 radical (unpaired) electrons. The van der Waals surface area contributed by atoms with Crippen LogP contribution in [0.3, 0.4) is 0 Å². The first-order valence-electron chi connectivity index (χ1n) is 12.5. The molecule has 7 nitrogen and oxygen atoms in total. The molecule has 7 rings (SSSR count). The number of amides is 2. The van der Waals surface area contributed by atoms with E-state index in [4.69, 9.17) is 0 Å². The summed E-state index contributed by atoms with van der Waals surface area (Å²) < 4.78 is 0. The first-order valence-corrected chi connectivity index (χ1v) is 12.5. The minimum absolute atomic E-state index is 0.0461. The van der Waals surface area contributed by atoms with E-state index in [-0.39, 0.29) is 23.5 Å². The topological polar surface area (TPSA) is 76.7 Å². The van der Waals surface area contributed by atoms with Crippen molar-refractivity contribution in [2.45, 2.75) is 56.3 Å². The molecule has 3 heterocycles. The number of hydrogen-bond acceptors (Lipinski definition) is 5. The van der Waals surface area contributed by atoms with Crippen LogP contribution in [0.15, 0.2) is 42.0 Å². The Morgan fingerprint density at radius 2 is 2.03 bits per heavy atom. The minimum atomic E-state index is -0.332. The number of nitrogens with one attached hydrogen (secondary N) is 3. The summed E-state index contributed by atoms with van der Waals surface area (Å²) in [5.74, 6) is 1.62. The molecule has 1 spiro atoms. The molecule has 2 amide bonds. The molecule has 1 aromatic rings. The molecule has 2 saturated heterocycles. The van der Waals surface area contributed by atoms with E-state index < -0.39 is 0 Å². The van der Waals surface area contributed by atoms with Gasteiger partial charge in [-0.25, -0.2) is 5.43 Å². The molecule has 3 aliphatic carbocycles. The Morgan fingerprint density at radius 3 is 2.76 bits per heavy atom. The van der Waals surface area contributed by atoms with E-state index in [0.29, 0.717) is 17.7 Å². The maximum Gasteiger partial charge on any atom is 0.244 e. The van der Waals surface area contributed by atoms with Gasteiger partial charge in [-0.1, -0.05) is 30.4 Å². The van der Waals surface area contributed by atoms with E-state index in [0.717, 1.165) is 58.3 Å². The number of fused-ring (bicyclic) bond motifs is 1. The van der Waals surface area contributed by atoms with Gasteiger partial charge >= 0.3 is 0 Å². The SMILES string of the molecule is O=C(C1CC1)N1CC(CN2C(=O)C3(CC3)NC2C2=CCC(c3cccc4c3CNN4)C=C2)C1. The summed E-state index contributed by atoms with van der Waals surface area (Å²) in [7, 11) is 0. The van der Waals surface area contributed by atoms with E-state index in [9.17, 15) is 9.59 Å². The van der Waals surface area contributed by atoms with Crippen LogP contribution in [-0.2, 0) is 16.1 Å². The van der Waals surface area contributed by atoms with Crippen molar-refractivity contribution in [3.63, 3.8) is 0 Å². The maximum absolute atomic E-state index is 13.3. The van der Waals surface area contributed by atoms with E-state index >= 15 is 0 Å². The van der Waals surface area contributed by atoms with Crippen LogP contribution in [0.4, 0.5) is 5.69 Å². The largest absolute Gasteiger partial charge is 0.342 e. The Labute approximate surface area is 194 Å². The van der Waals surface area contributed by atoms with Crippen LogP contribution >= 0.6 is 0 Å². The molecule has 3 N–H and O–H groups in total. The molecular formula is C26H31N5O2. The summed E-state index contributed by atoms with van der Waals surface area (Å²) in [6.45, 7) is 3.20. The second-order valence-electron chi connectivity index (χ2n) is 10.7. The highest BCUT2D eigenvalue weighted by Gasteiger charge is 2.60. The van der Waals surface area contributed by atoms with Gasteiger partial charge in [0.15, 0.2) is 0 Å². The lowest BCUT2D eigenvalue weighted by Gasteiger charge is -2.42. The summed E-state index contributed by atoms with van der Waals surface area (Å²) in [6.07, 6.45) is 11.7. The van der Waals surface area contributed by atoms with Gasteiger partial charge in [0.25, 0.3) is 0 Å². The third-order valence-corrected chi connectivity index (χ3v) is 8.34. The number of carbonyl (C=O) groups excluding carboxylic acids is 2. The number of rotatable bonds is 5. The highest BCUT2D eigenvalue weighted by molar-refractivity contribution is 5.92. The molecule has 6 aliphatic rings. The number of hydrazine groups is 1. The molecule has 172 valence electrons. The molecule has 2 saturated carbocycles. The van der Waals surface area contributed by atoms with Crippen LogP contribution in [0, 0.1) is 11.8 Å². The monoisotopic (exact) mass is 445 g/mol. The maximum atomic E-state index is 13.3. The predicted octanol–water partition coefficient (Wildman–Crippen LogP) is 2.25. The summed E-state index contributed by atoms with van der Waals surface area (Å²) >= 11 is 0. The van der Waals surface area contributed by atoms with Gasteiger partial charge in [0, 0.05) is 43.9 Å². The fourth-order valence-corrected chi connectivity index (χ4v) is 6.02. The molecule has 0 bridgehead atoms. The molecule has 4 fully saturated rings. The van der Waals surface area contributed by atoms with Crippen LogP contribution in [0.5, 0.6) is 0 Å². The van der Waals surface area contributed by atoms with Gasteiger partial charge in [-0.2, -0.15) is 0 Å². The van der Waals surface area contributed by atoms with Crippen LogP contribution in [0.2, 0.25) is 0 Å². The molecule has 2 unspecified atom stereocenters. The van der Waals surface area contributed by atoms with Gasteiger partial charge in [0.05, 0.1) is 5.69 Å². The zero-order valence-electron chi connectivity index (χ0n) is 18.8. The van der Waals surface area contributed by atoms with Crippen molar-refractivity contribution in [2.24, 2.45) is 11.8 Å². The molecule has 33 heavy (non-hydrogen) atoms. The number of hydrogen-bond donors (Lipinski definition) is 3. The van der Waals surface area contributed by atoms with Crippen LogP contribution in [0.25, 0.3) is 0 Å². The van der Waals surface area contributed by atoms with Crippen molar-refractivity contribution in [3.05, 3.63) is 53.1 Å². The zero-order chi connectivity index (χ0) is 22.2. The number of likely N-dealkylation sites (tertiary alicyclic amines) is 1. The lowest BCUT2D eigenvalue weighted by Crippen LogP contribution is -2.55. The Kier molecular flexibility index (Phi) is 4.31. The fourth-order valence-electron chi connectivity index (χ4n) is 6.02. The number of carbonyl (C=O) groups is 2. The Hall–Kier alpha value is -2.64. The van der Waals surface area contributed by atoms with Gasteiger partial charge in [-0.15, -0.1) is 0 Å². The highest BCUT2D eigenvalue weighted by Crippen LogP contribution is 2.45. The van der Waals surface area contributed by atoms with Gasteiger partial charge in [-0.3, -0.25) is 14.9 Å². The summed E-state index contributed by atoms with van der Waals surface area (Å²) in [5, 5.41) is 3.68. The number of benzene rings is 1. The summed E-state index contributed by atoms with van der Waals surface area (Å²) in [5.41, 5.74) is 11.2. The van der Waals surface area contributed by atoms with Gasteiger partial charge in [0.2, 0.25) is 11.8 Å². The standard InChI is InChI=1S/C26H31N5O2/c32-24(19-8-9-19)30-13-16(14-30)15-31-23(28-26(10-11-26)25(31)33)18-6-4-17(5-7-18)20-2-1-3-22-21(20)12-27-29-22/h1-4,6-7,16-17,19,23,27-29H,5,8-15H2. The number of anilines is 1. The first-order chi connectivity index (χ1) is 16.1. The molecule has 1 aromatic carbocycles. The highest BCUT2D eigenvalue weighted by atomic mass is 16.2. The average molecular weight is 446 g/mol. The second-order valence-corrected chi connectivity index (χ2v) is 10.7. The van der Waals surface area contributed by atoms with Crippen LogP contribution in [-0.4, -0.2) is 53.0 Å². The third kappa shape index (κ3) is 3.24. The molecule has 7 heteroatoms. The van der Waals surface area contributed by atoms with Crippen LogP contribution in [0.1, 0.15) is 49.1 Å². The van der Waals surface area contributed by atoms with Crippen molar-refractivity contribution < 1.29 is 9.59 Å². The quantitative estimate of drug-likeness (QED) is 0.648. The van der Waals surface area contributed by atoms with Gasteiger partial charge in [-0.05, 0) is 54.9 Å². The average Bonchev–Trinajstić information content (AvgIpc) is 3.72. The summed E-state index contributed by atoms with van der Waals surface area (Å²) in [6, 6.07) is 6.47. The van der Waals surface area contributed by atoms with Crippen molar-refractivity contribution in [1.29, 1.82) is 0 Å². The third-order valence-electron chi connectivity index (χ3n) is 8.34. The van der Waals surface area contributed by atoms with Crippen molar-refractivity contribution in [2.75, 3.05) is 25.1 Å². The van der Waals surface area contributed by atoms with Crippen LogP contribution < -0.4 is 16.2 Å². The lowest BCUT2D eigenvalue weighted by atomic mass is 9.86. The van der Waals surface area contributed by atoms with Gasteiger partial charge < -0.3 is 15.2 Å². The van der Waals surface area contributed by atoms with E-state index in [1.807, 2.05) is 4.90 Å². The number of allylic oxidation sites excluding steroid dienone is 2. The van der Waals surface area contributed by atoms with Crippen molar-refractivity contribution in [3.8, 4) is 0 Å². The normalized spacial score (nSPS) is 29.7. The second kappa shape index (κ2) is 7.18. The lowest BCUT2D eigenvalue weighted by molar-refractivity contribution is -0.140. The summed E-state index contributed by atoms with van der Waals surface area (Å²) in [4.78, 5) is 29.6. The Bertz CT molecular complexity index is 1080. The van der Waals surface area contributed by atoms with E-state index in [1.165, 1.54) is 22.4 Å². The van der Waals surface area contributed by atoms with Crippen molar-refractivity contribution in [1.82, 2.24) is 20.5 Å². The number of nitrogens with zero attached hydrogens (tertiary/aromatic N) is 2. The zero-order valence-corrected chi connectivity index (χ0v) is 18.8. The van der Waals surface area contributed by atoms with Gasteiger partial charge in [0.1, 0.15) is 11.7 Å². The molecule has 2 atom stereocenters. The first kappa shape index (κ1) is 19.8. The van der Waals surface area contributed by atoms with E-state index in [2.05, 4.69) is 57.5 Å². The van der Waals surface area contributed by atoms with E-state index in [1.54, 1.807) is 0 Å². The van der Waals surface area contributed by atoms with Crippen molar-refractivity contribution >= 4 is 17.5 Å². The molecular weight excluding hydrogens is 414 g/mol. The Balaban J connectivity index is 1.05. The minimum Gasteiger partial charge on any atom is -0.342 e. The smallest absolute Gasteiger partial charge is 0.244 e. The molecule has 3 aliphatic heterocycles.